The molecule has 3 heterocycles. The zero-order chi connectivity index (χ0) is 44.8. The number of nitrogens with zero attached hydrogens (tertiary/aromatic N) is 3. The minimum atomic E-state index is -1.70. The summed E-state index contributed by atoms with van der Waals surface area (Å²) in [6.45, 7) is 21.8. The molecule has 0 aliphatic heterocycles. The van der Waals surface area contributed by atoms with E-state index in [0.29, 0.717) is 11.8 Å². The molecule has 62 heavy (non-hydrogen) atoms. The van der Waals surface area contributed by atoms with Crippen molar-refractivity contribution in [3.05, 3.63) is 168 Å². The number of fused-ring (bicyclic) bond motifs is 4. The van der Waals surface area contributed by atoms with Crippen LogP contribution in [0.2, 0.25) is 19.6 Å². The van der Waals surface area contributed by atoms with Crippen molar-refractivity contribution < 1.29 is 22.8 Å². The number of thiophene rings is 1. The van der Waals surface area contributed by atoms with Crippen LogP contribution in [-0.2, 0) is 26.5 Å². The maximum Gasteiger partial charge on any atom is 0.0798 e. The minimum absolute atomic E-state index is 0. The first kappa shape index (κ1) is 42.3. The summed E-state index contributed by atoms with van der Waals surface area (Å²) in [5.41, 5.74) is 11.5. The predicted molar refractivity (Wildman–Crippen MR) is 266 cm³/mol. The second-order valence-corrected chi connectivity index (χ2v) is 24.8. The smallest absolute Gasteiger partial charge is 0.0798 e. The van der Waals surface area contributed by atoms with Crippen LogP contribution in [0.3, 0.4) is 0 Å². The standard InChI is InChI=1S/C37H31N2S.C19H26NSi.Ir/c1-23(2)29-21-27(25-12-6-5-7-13-25)22-30(24(3)4)36(29)39-33-16-10-9-15-32(33)38-37(39)26-18-19-35-31(20-26)28-14-8-11-17-34(28)40-35;1-19(2,3)13-16-12-17(15-10-8-7-9-11-15)20-14-18(16)21(4,5)6;/h5-17,19-24H,1-4H3;7-10,12,14H,13H2,1-6H3;/q2*-1;/i;13D2;. The molecule has 317 valence electrons. The molecule has 0 fully saturated rings. The number of hydrogen-bond donors (Lipinski definition) is 0. The Hall–Kier alpha value is -4.97. The Bertz CT molecular complexity index is 3040. The number of imidazole rings is 1. The van der Waals surface area contributed by atoms with Gasteiger partial charge in [0, 0.05) is 39.4 Å². The Kier molecular flexibility index (Phi) is 12.6. The van der Waals surface area contributed by atoms with E-state index in [1.54, 1.807) is 0 Å². The molecule has 0 aliphatic carbocycles. The van der Waals surface area contributed by atoms with Gasteiger partial charge < -0.3 is 9.55 Å². The first-order valence-electron chi connectivity index (χ1n) is 22.5. The van der Waals surface area contributed by atoms with Crippen molar-refractivity contribution in [2.24, 2.45) is 5.41 Å². The van der Waals surface area contributed by atoms with Crippen LogP contribution in [0.25, 0.3) is 70.7 Å². The molecule has 0 saturated carbocycles. The van der Waals surface area contributed by atoms with Gasteiger partial charge in [-0.2, -0.15) is 11.3 Å². The van der Waals surface area contributed by atoms with E-state index in [0.717, 1.165) is 44.4 Å². The SMILES string of the molecule is CC(C)c1cc(-c2ccccc2)cc(C(C)C)c1-n1c(-c2[c-]cc3sc4ccccc4c3c2)nc2ccccc21.[2H]C([2H])(c1cc(-c2[c-]cccc2)ncc1[Si](C)(C)C)C(C)(C)C.[Ir]. The largest absolute Gasteiger partial charge is 0.333 e. The Morgan fingerprint density at radius 2 is 1.37 bits per heavy atom. The van der Waals surface area contributed by atoms with E-state index >= 15 is 0 Å². The molecule has 0 N–H and O–H groups in total. The third kappa shape index (κ3) is 9.50. The van der Waals surface area contributed by atoms with Crippen LogP contribution in [0.4, 0.5) is 0 Å². The second kappa shape index (κ2) is 18.4. The Balaban J connectivity index is 0.000000219. The van der Waals surface area contributed by atoms with Crippen molar-refractivity contribution in [2.75, 3.05) is 0 Å². The molecule has 0 bridgehead atoms. The van der Waals surface area contributed by atoms with Crippen molar-refractivity contribution in [3.63, 3.8) is 0 Å². The van der Waals surface area contributed by atoms with Gasteiger partial charge in [-0.25, -0.2) is 0 Å². The van der Waals surface area contributed by atoms with Crippen molar-refractivity contribution in [3.8, 4) is 39.5 Å². The number of hydrogen-bond acceptors (Lipinski definition) is 3. The van der Waals surface area contributed by atoms with E-state index in [1.807, 2.05) is 68.6 Å². The predicted octanol–water partition coefficient (Wildman–Crippen LogP) is 15.5. The van der Waals surface area contributed by atoms with E-state index < -0.39 is 19.9 Å². The Morgan fingerprint density at radius 1 is 0.710 bits per heavy atom. The molecule has 9 rings (SSSR count). The van der Waals surface area contributed by atoms with Crippen molar-refractivity contribution in [1.82, 2.24) is 14.5 Å². The van der Waals surface area contributed by atoms with Gasteiger partial charge in [-0.3, -0.25) is 4.98 Å². The number of benzene rings is 6. The molecule has 1 radical (unpaired) electrons. The second-order valence-electron chi connectivity index (χ2n) is 18.7. The van der Waals surface area contributed by atoms with Gasteiger partial charge in [0.25, 0.3) is 0 Å². The van der Waals surface area contributed by atoms with Gasteiger partial charge in [-0.05, 0) is 97.2 Å². The van der Waals surface area contributed by atoms with Crippen LogP contribution >= 0.6 is 11.3 Å². The summed E-state index contributed by atoms with van der Waals surface area (Å²) < 4.78 is 22.5. The molecule has 9 aromatic rings. The fourth-order valence-electron chi connectivity index (χ4n) is 8.11. The average molecular weight is 1030 g/mol. The zero-order valence-corrected chi connectivity index (χ0v) is 41.7. The summed E-state index contributed by atoms with van der Waals surface area (Å²) in [6.07, 6.45) is 0.469. The average Bonchev–Trinajstić information content (AvgIpc) is 3.84. The van der Waals surface area contributed by atoms with Gasteiger partial charge in [0.05, 0.1) is 24.9 Å². The normalized spacial score (nSPS) is 12.6. The van der Waals surface area contributed by atoms with Crippen molar-refractivity contribution in [1.29, 1.82) is 0 Å². The van der Waals surface area contributed by atoms with E-state index in [4.69, 9.17) is 7.73 Å². The summed E-state index contributed by atoms with van der Waals surface area (Å²) in [6, 6.07) is 53.6. The number of rotatable bonds is 8. The first-order valence-corrected chi connectivity index (χ1v) is 25.8. The van der Waals surface area contributed by atoms with Crippen LogP contribution in [0.1, 0.15) is 79.7 Å². The Labute approximate surface area is 390 Å². The molecule has 0 aliphatic rings. The summed E-state index contributed by atoms with van der Waals surface area (Å²) in [4.78, 5) is 9.86. The molecule has 0 saturated heterocycles. The fraction of sp³-hybridized carbons (Fsp3) is 0.250. The molecular weight excluding hydrogens is 967 g/mol. The van der Waals surface area contributed by atoms with Gasteiger partial charge in [-0.1, -0.05) is 146 Å². The summed E-state index contributed by atoms with van der Waals surface area (Å²) in [5, 5.41) is 3.65. The summed E-state index contributed by atoms with van der Waals surface area (Å²) in [5.74, 6) is 1.60. The maximum atomic E-state index is 8.75. The van der Waals surface area contributed by atoms with Crippen LogP contribution in [0.5, 0.6) is 0 Å². The molecule has 3 nitrogen and oxygen atoms in total. The van der Waals surface area contributed by atoms with E-state index in [-0.39, 0.29) is 20.1 Å². The molecule has 3 aromatic heterocycles. The molecule has 6 heteroatoms. The zero-order valence-electron chi connectivity index (χ0n) is 39.5. The molecule has 0 unspecified atom stereocenters. The van der Waals surface area contributed by atoms with Crippen LogP contribution in [0.15, 0.2) is 140 Å². The Morgan fingerprint density at radius 3 is 2.03 bits per heavy atom. The topological polar surface area (TPSA) is 30.7 Å². The first-order chi connectivity index (χ1) is 29.9. The molecule has 0 spiro atoms. The van der Waals surface area contributed by atoms with E-state index in [9.17, 15) is 0 Å². The number of aromatic nitrogens is 3. The van der Waals surface area contributed by atoms with Crippen molar-refractivity contribution >= 4 is 55.8 Å². The van der Waals surface area contributed by atoms with Crippen LogP contribution < -0.4 is 5.19 Å². The van der Waals surface area contributed by atoms with Crippen molar-refractivity contribution in [2.45, 2.75) is 86.3 Å². The van der Waals surface area contributed by atoms with Gasteiger partial charge >= 0.3 is 0 Å². The van der Waals surface area contributed by atoms with Gasteiger partial charge in [0.15, 0.2) is 0 Å². The monoisotopic (exact) mass is 1030 g/mol. The number of para-hydroxylation sites is 2. The molecule has 6 aromatic carbocycles. The van der Waals surface area contributed by atoms with Gasteiger partial charge in [0.2, 0.25) is 0 Å². The summed E-state index contributed by atoms with van der Waals surface area (Å²) >= 11 is 1.82. The maximum absolute atomic E-state index is 8.75. The molecule has 0 atom stereocenters. The van der Waals surface area contributed by atoms with E-state index in [1.165, 1.54) is 48.1 Å². The minimum Gasteiger partial charge on any atom is -0.333 e. The van der Waals surface area contributed by atoms with Gasteiger partial charge in [0.1, 0.15) is 0 Å². The number of pyridine rings is 1. The van der Waals surface area contributed by atoms with Gasteiger partial charge in [-0.15, -0.1) is 59.7 Å². The molecular formula is C56H57IrN3SSi-2. The third-order valence-electron chi connectivity index (χ3n) is 11.1. The quantitative estimate of drug-likeness (QED) is 0.112. The van der Waals surface area contributed by atoms with Crippen LogP contribution in [0, 0.1) is 17.5 Å². The summed E-state index contributed by atoms with van der Waals surface area (Å²) in [7, 11) is -1.70. The van der Waals surface area contributed by atoms with E-state index in [2.05, 4.69) is 172 Å². The fourth-order valence-corrected chi connectivity index (χ4v) is 10.6. The molecule has 0 amide bonds. The van der Waals surface area contributed by atoms with Crippen LogP contribution in [-0.4, -0.2) is 22.6 Å². The third-order valence-corrected chi connectivity index (χ3v) is 14.2.